The van der Waals surface area contributed by atoms with Gasteiger partial charge in [0.05, 0.1) is 47.5 Å². The van der Waals surface area contributed by atoms with Gasteiger partial charge in [-0.15, -0.1) is 5.10 Å². The lowest BCUT2D eigenvalue weighted by Crippen LogP contribution is -2.16. The van der Waals surface area contributed by atoms with Gasteiger partial charge < -0.3 is 10.6 Å². The summed E-state index contributed by atoms with van der Waals surface area (Å²) >= 11 is 6.74. The number of hydrogen-bond donors (Lipinski definition) is 2. The minimum Gasteiger partial charge on any atom is -0.377 e. The summed E-state index contributed by atoms with van der Waals surface area (Å²) in [5.41, 5.74) is 2.65. The Kier molecular flexibility index (Phi) is 7.28. The van der Waals surface area contributed by atoms with Crippen molar-refractivity contribution in [3.05, 3.63) is 107 Å². The fraction of sp³-hybridized carbons (Fsp3) is 0.226. The molecule has 0 aliphatic heterocycles. The lowest BCUT2D eigenvalue weighted by Gasteiger charge is -2.23. The van der Waals surface area contributed by atoms with Crippen molar-refractivity contribution in [3.8, 4) is 12.1 Å². The largest absolute Gasteiger partial charge is 0.377 e. The minimum absolute atomic E-state index is 0.0445. The summed E-state index contributed by atoms with van der Waals surface area (Å²) in [5.74, 6) is -0.822. The van der Waals surface area contributed by atoms with E-state index in [0.717, 1.165) is 18.4 Å². The zero-order chi connectivity index (χ0) is 30.0. The van der Waals surface area contributed by atoms with E-state index in [2.05, 4.69) is 43.1 Å². The number of aromatic nitrogens is 5. The first-order valence-electron chi connectivity index (χ1n) is 13.9. The van der Waals surface area contributed by atoms with Gasteiger partial charge >= 0.3 is 0 Å². The third kappa shape index (κ3) is 5.58. The molecule has 0 spiro atoms. The van der Waals surface area contributed by atoms with Crippen LogP contribution in [-0.4, -0.2) is 25.0 Å². The van der Waals surface area contributed by atoms with Crippen LogP contribution in [0.3, 0.4) is 0 Å². The third-order valence-corrected chi connectivity index (χ3v) is 7.38. The van der Waals surface area contributed by atoms with Gasteiger partial charge in [0, 0.05) is 35.5 Å². The van der Waals surface area contributed by atoms with Crippen LogP contribution in [0.15, 0.2) is 73.2 Å². The van der Waals surface area contributed by atoms with Crippen LogP contribution in [0, 0.1) is 28.6 Å². The zero-order valence-electron chi connectivity index (χ0n) is 23.3. The smallest absolute Gasteiger partial charge is 0.218 e. The first kappa shape index (κ1) is 25.9. The third-order valence-electron chi connectivity index (χ3n) is 7.10. The number of fused-ring (bicyclic) bond motifs is 1. The molecule has 2 atom stereocenters. The molecule has 1 saturated carbocycles. The topological polar surface area (TPSA) is 128 Å². The summed E-state index contributed by atoms with van der Waals surface area (Å²) in [4.78, 5) is 8.21. The number of hydrogen-bond acceptors (Lipinski definition) is 8. The Bertz CT molecular complexity index is 1880. The van der Waals surface area contributed by atoms with Crippen LogP contribution in [0.5, 0.6) is 0 Å². The average Bonchev–Trinajstić information content (AvgIpc) is 3.75. The number of rotatable bonds is 10. The van der Waals surface area contributed by atoms with Crippen LogP contribution in [0.1, 0.15) is 67.5 Å². The maximum Gasteiger partial charge on any atom is 0.218 e. The van der Waals surface area contributed by atoms with Gasteiger partial charge in [0.15, 0.2) is 0 Å². The van der Waals surface area contributed by atoms with Crippen LogP contribution in [0.25, 0.3) is 10.9 Å². The fourth-order valence-electron chi connectivity index (χ4n) is 4.86. The van der Waals surface area contributed by atoms with Crippen LogP contribution in [-0.2, 0) is 0 Å². The predicted molar refractivity (Wildman–Crippen MR) is 157 cm³/mol. The van der Waals surface area contributed by atoms with Crippen LogP contribution in [0.4, 0.5) is 15.8 Å². The molecule has 1 aliphatic carbocycles. The fourth-order valence-corrected chi connectivity index (χ4v) is 5.13. The molecule has 0 unspecified atom stereocenters. The van der Waals surface area contributed by atoms with E-state index in [1.54, 1.807) is 29.1 Å². The van der Waals surface area contributed by atoms with Gasteiger partial charge in [0.2, 0.25) is 5.95 Å². The van der Waals surface area contributed by atoms with E-state index >= 15 is 4.39 Å². The van der Waals surface area contributed by atoms with Crippen LogP contribution >= 0.6 is 11.6 Å². The van der Waals surface area contributed by atoms with Crippen molar-refractivity contribution in [2.45, 2.75) is 43.8 Å². The van der Waals surface area contributed by atoms with Crippen LogP contribution < -0.4 is 10.6 Å². The SMILES string of the molecule is [2H][C@@](Nc1cc(Cl)c2ncc(C#N)c(N[C@H](CCC#N)c3ccccc3)c2c1)(c1cn(C2CC2)nn1)c1cccnc1F. The molecule has 0 radical (unpaired) electrons. The maximum atomic E-state index is 15.1. The highest BCUT2D eigenvalue weighted by atomic mass is 35.5. The van der Waals surface area contributed by atoms with Gasteiger partial charge in [-0.2, -0.15) is 14.9 Å². The molecule has 2 N–H and O–H groups in total. The number of anilines is 2. The van der Waals surface area contributed by atoms with E-state index in [-0.39, 0.29) is 33.9 Å². The van der Waals surface area contributed by atoms with Gasteiger partial charge in [-0.1, -0.05) is 53.2 Å². The van der Waals surface area contributed by atoms with Gasteiger partial charge in [-0.3, -0.25) is 4.98 Å². The molecule has 9 nitrogen and oxygen atoms in total. The molecule has 6 rings (SSSR count). The molecule has 3 heterocycles. The van der Waals surface area contributed by atoms with E-state index in [1.165, 1.54) is 18.5 Å². The van der Waals surface area contributed by atoms with Gasteiger partial charge in [-0.25, -0.2) is 9.67 Å². The van der Waals surface area contributed by atoms with Gasteiger partial charge in [0.25, 0.3) is 0 Å². The number of nitrogens with zero attached hydrogens (tertiary/aromatic N) is 7. The van der Waals surface area contributed by atoms with E-state index in [4.69, 9.17) is 11.6 Å². The Morgan fingerprint density at radius 3 is 2.69 bits per heavy atom. The monoisotopic (exact) mass is 578 g/mol. The Hall–Kier alpha value is -5.06. The summed E-state index contributed by atoms with van der Waals surface area (Å²) in [6.45, 7) is 0. The molecule has 1 aliphatic rings. The van der Waals surface area contributed by atoms with Crippen molar-refractivity contribution in [2.75, 3.05) is 10.6 Å². The molecule has 2 aromatic carbocycles. The first-order valence-corrected chi connectivity index (χ1v) is 13.8. The van der Waals surface area contributed by atoms with Gasteiger partial charge in [-0.05, 0) is 43.0 Å². The second-order valence-electron chi connectivity index (χ2n) is 9.97. The summed E-state index contributed by atoms with van der Waals surface area (Å²) in [5, 5.41) is 35.1. The van der Waals surface area contributed by atoms with Crippen molar-refractivity contribution < 1.29 is 5.76 Å². The molecule has 11 heteroatoms. The summed E-state index contributed by atoms with van der Waals surface area (Å²) in [7, 11) is 0. The molecule has 5 aromatic rings. The number of halogens is 2. The zero-order valence-corrected chi connectivity index (χ0v) is 23.1. The number of benzene rings is 2. The normalized spacial score (nSPS) is 15.2. The Balaban J connectivity index is 1.47. The molecule has 1 fully saturated rings. The molecule has 208 valence electrons. The van der Waals surface area contributed by atoms with Crippen molar-refractivity contribution >= 4 is 33.9 Å². The first-order chi connectivity index (χ1) is 20.9. The Morgan fingerprint density at radius 2 is 1.95 bits per heavy atom. The Labute approximate surface area is 248 Å². The molecule has 0 bridgehead atoms. The summed E-state index contributed by atoms with van der Waals surface area (Å²) < 4.78 is 26.3. The Morgan fingerprint density at radius 1 is 1.12 bits per heavy atom. The molecule has 3 aromatic heterocycles. The van der Waals surface area contributed by atoms with E-state index in [9.17, 15) is 11.9 Å². The minimum atomic E-state index is -1.92. The molecular weight excluding hydrogens is 553 g/mol. The predicted octanol–water partition coefficient (Wildman–Crippen LogP) is 6.88. The molecule has 0 amide bonds. The van der Waals surface area contributed by atoms with E-state index in [1.807, 2.05) is 30.3 Å². The molecule has 42 heavy (non-hydrogen) atoms. The van der Waals surface area contributed by atoms with Crippen molar-refractivity contribution in [2.24, 2.45) is 0 Å². The standard InChI is InChI=1S/C31H25ClFN9/c32-25-15-21(38-30(23-8-5-13-36-31(23)33)27-18-42(41-40-27)22-10-11-22)14-24-28(20(16-35)17-37-29(24)25)39-26(9-4-12-34)19-6-2-1-3-7-19/h1-3,5-8,13-15,17-18,22,26,30,38H,4,9-11H2,(H,37,39)/t26-,30+/m1/s1/i30D. The second-order valence-corrected chi connectivity index (χ2v) is 10.4. The highest BCUT2D eigenvalue weighted by Gasteiger charge is 2.28. The highest BCUT2D eigenvalue weighted by Crippen LogP contribution is 2.38. The number of pyridine rings is 2. The number of nitriles is 2. The van der Waals surface area contributed by atoms with E-state index < -0.39 is 12.0 Å². The number of nitrogens with one attached hydrogen (secondary N) is 2. The van der Waals surface area contributed by atoms with Crippen molar-refractivity contribution in [3.63, 3.8) is 0 Å². The van der Waals surface area contributed by atoms with Crippen molar-refractivity contribution in [1.82, 2.24) is 25.0 Å². The van der Waals surface area contributed by atoms with Gasteiger partial charge in [0.1, 0.15) is 17.8 Å². The van der Waals surface area contributed by atoms with Crippen molar-refractivity contribution in [1.29, 1.82) is 10.5 Å². The average molecular weight is 579 g/mol. The highest BCUT2D eigenvalue weighted by molar-refractivity contribution is 6.35. The molecule has 0 saturated heterocycles. The lowest BCUT2D eigenvalue weighted by atomic mass is 10.00. The molecular formula is C31H25ClFN9. The maximum absolute atomic E-state index is 15.1. The lowest BCUT2D eigenvalue weighted by molar-refractivity contribution is 0.560. The summed E-state index contributed by atoms with van der Waals surface area (Å²) in [6, 6.07) is 18.4. The van der Waals surface area contributed by atoms with E-state index in [0.29, 0.717) is 35.1 Å². The summed E-state index contributed by atoms with van der Waals surface area (Å²) in [6.07, 6.45) is 7.13. The quantitative estimate of drug-likeness (QED) is 0.172. The second kappa shape index (κ2) is 11.8. The van der Waals surface area contributed by atoms with Crippen LogP contribution in [0.2, 0.25) is 5.02 Å².